The number of methoxy groups -OCH3 is 1. The molecule has 0 saturated heterocycles. The summed E-state index contributed by atoms with van der Waals surface area (Å²) < 4.78 is 5.09. The molecule has 0 atom stereocenters. The third-order valence-corrected chi connectivity index (χ3v) is 4.12. The zero-order valence-electron chi connectivity index (χ0n) is 12.5. The van der Waals surface area contributed by atoms with Crippen LogP contribution in [0.25, 0.3) is 10.6 Å². The Morgan fingerprint density at radius 3 is 2.78 bits per heavy atom. The highest BCUT2D eigenvalue weighted by molar-refractivity contribution is 7.13. The Labute approximate surface area is 138 Å². The molecule has 0 aliphatic rings. The summed E-state index contributed by atoms with van der Waals surface area (Å²) in [6.07, 6.45) is 3.73. The summed E-state index contributed by atoms with van der Waals surface area (Å²) in [5.74, 6) is 0.654. The van der Waals surface area contributed by atoms with Crippen molar-refractivity contribution < 1.29 is 9.53 Å². The summed E-state index contributed by atoms with van der Waals surface area (Å²) in [5.41, 5.74) is 2.44. The molecule has 0 radical (unpaired) electrons. The van der Waals surface area contributed by atoms with Crippen LogP contribution in [0.1, 0.15) is 5.69 Å². The average molecular weight is 325 g/mol. The first kappa shape index (κ1) is 15.2. The fraction of sp³-hybridized carbons (Fsp3) is 0.118. The maximum Gasteiger partial charge on any atom is 0.230 e. The Bertz CT molecular complexity index is 785. The minimum absolute atomic E-state index is 0.0989. The molecule has 2 aromatic heterocycles. The van der Waals surface area contributed by atoms with Gasteiger partial charge in [-0.3, -0.25) is 9.78 Å². The van der Waals surface area contributed by atoms with E-state index in [-0.39, 0.29) is 12.3 Å². The molecule has 2 heterocycles. The van der Waals surface area contributed by atoms with Crippen LogP contribution in [0, 0.1) is 0 Å². The molecule has 116 valence electrons. The molecule has 0 fully saturated rings. The molecule has 0 bridgehead atoms. The van der Waals surface area contributed by atoms with Crippen LogP contribution in [0.15, 0.2) is 54.2 Å². The molecule has 0 saturated carbocycles. The van der Waals surface area contributed by atoms with Crippen molar-refractivity contribution in [1.29, 1.82) is 0 Å². The monoisotopic (exact) mass is 325 g/mol. The third kappa shape index (κ3) is 3.92. The van der Waals surface area contributed by atoms with E-state index in [0.717, 1.165) is 27.7 Å². The molecule has 1 aromatic carbocycles. The number of hydrogen-bond acceptors (Lipinski definition) is 5. The number of nitrogens with one attached hydrogen (secondary N) is 1. The van der Waals surface area contributed by atoms with Crippen LogP contribution in [0.5, 0.6) is 5.75 Å². The van der Waals surface area contributed by atoms with Gasteiger partial charge in [0.25, 0.3) is 0 Å². The fourth-order valence-electron chi connectivity index (χ4n) is 2.05. The SMILES string of the molecule is COc1ccc(NC(=O)Cc2csc(-c3cccnc3)n2)cc1. The van der Waals surface area contributed by atoms with E-state index in [2.05, 4.69) is 15.3 Å². The molecule has 3 aromatic rings. The quantitative estimate of drug-likeness (QED) is 0.781. The predicted octanol–water partition coefficient (Wildman–Crippen LogP) is 3.39. The second kappa shape index (κ2) is 7.02. The van der Waals surface area contributed by atoms with Crippen LogP contribution in [0.3, 0.4) is 0 Å². The van der Waals surface area contributed by atoms with Gasteiger partial charge in [-0.1, -0.05) is 0 Å². The number of carbonyl (C=O) groups is 1. The number of anilines is 1. The maximum absolute atomic E-state index is 12.1. The Kier molecular flexibility index (Phi) is 4.63. The standard InChI is InChI=1S/C17H15N3O2S/c1-22-15-6-4-13(5-7-15)19-16(21)9-14-11-23-17(20-14)12-3-2-8-18-10-12/h2-8,10-11H,9H2,1H3,(H,19,21). The molecular weight excluding hydrogens is 310 g/mol. The normalized spacial score (nSPS) is 10.3. The van der Waals surface area contributed by atoms with Crippen LogP contribution >= 0.6 is 11.3 Å². The first-order valence-corrected chi connectivity index (χ1v) is 7.91. The number of nitrogens with zero attached hydrogens (tertiary/aromatic N) is 2. The lowest BCUT2D eigenvalue weighted by Gasteiger charge is -2.05. The number of ether oxygens (including phenoxy) is 1. The first-order chi connectivity index (χ1) is 11.2. The Hall–Kier alpha value is -2.73. The van der Waals surface area contributed by atoms with E-state index >= 15 is 0 Å². The van der Waals surface area contributed by atoms with Gasteiger partial charge in [-0.15, -0.1) is 11.3 Å². The van der Waals surface area contributed by atoms with Crippen LogP contribution in [-0.2, 0) is 11.2 Å². The van der Waals surface area contributed by atoms with Crippen molar-refractivity contribution in [3.8, 4) is 16.3 Å². The first-order valence-electron chi connectivity index (χ1n) is 7.03. The number of rotatable bonds is 5. The minimum atomic E-state index is -0.0989. The van der Waals surface area contributed by atoms with E-state index in [1.807, 2.05) is 17.5 Å². The van der Waals surface area contributed by atoms with Gasteiger partial charge in [0, 0.05) is 29.0 Å². The van der Waals surface area contributed by atoms with Gasteiger partial charge in [0.2, 0.25) is 5.91 Å². The molecule has 1 amide bonds. The maximum atomic E-state index is 12.1. The van der Waals surface area contributed by atoms with E-state index < -0.39 is 0 Å². The molecule has 6 heteroatoms. The van der Waals surface area contributed by atoms with E-state index in [9.17, 15) is 4.79 Å². The zero-order chi connectivity index (χ0) is 16.1. The number of hydrogen-bond donors (Lipinski definition) is 1. The Balaban J connectivity index is 1.63. The van der Waals surface area contributed by atoms with Gasteiger partial charge in [0.05, 0.1) is 19.2 Å². The average Bonchev–Trinajstić information content (AvgIpc) is 3.04. The van der Waals surface area contributed by atoms with Crippen LogP contribution in [-0.4, -0.2) is 23.0 Å². The third-order valence-electron chi connectivity index (χ3n) is 3.18. The van der Waals surface area contributed by atoms with Gasteiger partial charge in [0.15, 0.2) is 0 Å². The lowest BCUT2D eigenvalue weighted by atomic mass is 10.2. The van der Waals surface area contributed by atoms with E-state index in [1.165, 1.54) is 11.3 Å². The van der Waals surface area contributed by atoms with E-state index in [0.29, 0.717) is 0 Å². The number of pyridine rings is 1. The molecule has 1 N–H and O–H groups in total. The van der Waals surface area contributed by atoms with Crippen LogP contribution in [0.2, 0.25) is 0 Å². The number of benzene rings is 1. The largest absolute Gasteiger partial charge is 0.497 e. The van der Waals surface area contributed by atoms with Crippen molar-refractivity contribution in [1.82, 2.24) is 9.97 Å². The van der Waals surface area contributed by atoms with E-state index in [4.69, 9.17) is 4.74 Å². The summed E-state index contributed by atoms with van der Waals surface area (Å²) in [6, 6.07) is 11.0. The number of aromatic nitrogens is 2. The van der Waals surface area contributed by atoms with Gasteiger partial charge < -0.3 is 10.1 Å². The van der Waals surface area contributed by atoms with Gasteiger partial charge in [-0.05, 0) is 36.4 Å². The van der Waals surface area contributed by atoms with Gasteiger partial charge >= 0.3 is 0 Å². The van der Waals surface area contributed by atoms with Gasteiger partial charge in [-0.25, -0.2) is 4.98 Å². The van der Waals surface area contributed by atoms with Crippen molar-refractivity contribution in [2.24, 2.45) is 0 Å². The second-order valence-electron chi connectivity index (χ2n) is 4.84. The summed E-state index contributed by atoms with van der Waals surface area (Å²) >= 11 is 1.51. The molecule has 0 unspecified atom stereocenters. The highest BCUT2D eigenvalue weighted by atomic mass is 32.1. The molecule has 23 heavy (non-hydrogen) atoms. The number of thiazole rings is 1. The molecule has 3 rings (SSSR count). The smallest absolute Gasteiger partial charge is 0.230 e. The van der Waals surface area contributed by atoms with Crippen LogP contribution in [0.4, 0.5) is 5.69 Å². The molecule has 0 aliphatic heterocycles. The zero-order valence-corrected chi connectivity index (χ0v) is 13.3. The predicted molar refractivity (Wildman–Crippen MR) is 90.7 cm³/mol. The Morgan fingerprint density at radius 1 is 1.26 bits per heavy atom. The Morgan fingerprint density at radius 2 is 2.09 bits per heavy atom. The van der Waals surface area contributed by atoms with Crippen molar-refractivity contribution in [3.05, 3.63) is 59.9 Å². The minimum Gasteiger partial charge on any atom is -0.497 e. The number of carbonyl (C=O) groups excluding carboxylic acids is 1. The summed E-state index contributed by atoms with van der Waals surface area (Å²) in [6.45, 7) is 0. The van der Waals surface area contributed by atoms with Crippen LogP contribution < -0.4 is 10.1 Å². The highest BCUT2D eigenvalue weighted by Crippen LogP contribution is 2.23. The van der Waals surface area contributed by atoms with Crippen molar-refractivity contribution in [2.75, 3.05) is 12.4 Å². The molecule has 5 nitrogen and oxygen atoms in total. The summed E-state index contributed by atoms with van der Waals surface area (Å²) in [5, 5.41) is 5.61. The summed E-state index contributed by atoms with van der Waals surface area (Å²) in [4.78, 5) is 20.7. The fourth-order valence-corrected chi connectivity index (χ4v) is 2.86. The van der Waals surface area contributed by atoms with E-state index in [1.54, 1.807) is 43.8 Å². The highest BCUT2D eigenvalue weighted by Gasteiger charge is 2.09. The lowest BCUT2D eigenvalue weighted by Crippen LogP contribution is -2.14. The molecule has 0 spiro atoms. The second-order valence-corrected chi connectivity index (χ2v) is 5.70. The molecular formula is C17H15N3O2S. The van der Waals surface area contributed by atoms with Gasteiger partial charge in [0.1, 0.15) is 10.8 Å². The number of amides is 1. The van der Waals surface area contributed by atoms with Crippen molar-refractivity contribution in [2.45, 2.75) is 6.42 Å². The van der Waals surface area contributed by atoms with Crippen molar-refractivity contribution in [3.63, 3.8) is 0 Å². The van der Waals surface area contributed by atoms with Gasteiger partial charge in [-0.2, -0.15) is 0 Å². The van der Waals surface area contributed by atoms with Crippen molar-refractivity contribution >= 4 is 22.9 Å². The topological polar surface area (TPSA) is 64.1 Å². The molecule has 0 aliphatic carbocycles. The summed E-state index contributed by atoms with van der Waals surface area (Å²) in [7, 11) is 1.61. The lowest BCUT2D eigenvalue weighted by molar-refractivity contribution is -0.115.